The Bertz CT molecular complexity index is 1980. The largest absolute Gasteiger partial charge is 0.507 e. The van der Waals surface area contributed by atoms with Crippen LogP contribution in [0.4, 0.5) is 0 Å². The molecule has 8 nitrogen and oxygen atoms in total. The van der Waals surface area contributed by atoms with Gasteiger partial charge in [-0.1, -0.05) is 104 Å². The fourth-order valence-corrected chi connectivity index (χ4v) is 9.06. The minimum atomic E-state index is -0.938. The zero-order chi connectivity index (χ0) is 37.6. The van der Waals surface area contributed by atoms with Gasteiger partial charge in [0.1, 0.15) is 18.1 Å². The third kappa shape index (κ3) is 8.02. The van der Waals surface area contributed by atoms with Crippen molar-refractivity contribution in [3.63, 3.8) is 0 Å². The number of carbonyl (C=O) groups excluding carboxylic acids is 2. The molecule has 0 saturated carbocycles. The van der Waals surface area contributed by atoms with E-state index in [0.717, 1.165) is 54.4 Å². The van der Waals surface area contributed by atoms with E-state index in [1.165, 1.54) is 16.0 Å². The molecule has 2 aliphatic heterocycles. The molecule has 0 aromatic heterocycles. The van der Waals surface area contributed by atoms with Crippen molar-refractivity contribution < 1.29 is 29.6 Å². The number of likely N-dealkylation sites (tertiary alicyclic amines) is 2. The number of amides is 2. The molecule has 4 atom stereocenters. The van der Waals surface area contributed by atoms with E-state index in [4.69, 9.17) is 4.74 Å². The number of imide groups is 1. The molecular weight excluding hydrogens is 677 g/mol. The van der Waals surface area contributed by atoms with E-state index in [1.807, 2.05) is 78.9 Å². The number of aromatic hydroxyl groups is 1. The SMILES string of the molecule is CCC/C(=C\c1ccc(O)c2ccccc12)CC[C@@H](O)C1=C(COc2ccccc2)C[C@H]2C(=O)N(C3CCN(Cc4ccccc4)CC3)C(=O)[C@H]2[C@H]1CO. The van der Waals surface area contributed by atoms with Crippen molar-refractivity contribution in [3.05, 3.63) is 125 Å². The lowest BCUT2D eigenvalue weighted by atomic mass is 9.68. The first kappa shape index (κ1) is 37.6. The van der Waals surface area contributed by atoms with Crippen LogP contribution in [0, 0.1) is 17.8 Å². The molecular formula is C46H52N2O6. The summed E-state index contributed by atoms with van der Waals surface area (Å²) < 4.78 is 6.23. The number of phenolic OH excluding ortho intramolecular Hbond substituents is 1. The van der Waals surface area contributed by atoms with Crippen LogP contribution >= 0.6 is 0 Å². The molecule has 282 valence electrons. The van der Waals surface area contributed by atoms with Crippen LogP contribution in [-0.4, -0.2) is 75.4 Å². The lowest BCUT2D eigenvalue weighted by Crippen LogP contribution is -2.47. The number of aliphatic hydroxyl groups excluding tert-OH is 2. The summed E-state index contributed by atoms with van der Waals surface area (Å²) in [5.74, 6) is -1.47. The van der Waals surface area contributed by atoms with Gasteiger partial charge in [-0.25, -0.2) is 0 Å². The highest BCUT2D eigenvalue weighted by atomic mass is 16.5. The fraction of sp³-hybridized carbons (Fsp3) is 0.391. The monoisotopic (exact) mass is 728 g/mol. The number of hydrogen-bond donors (Lipinski definition) is 3. The lowest BCUT2D eigenvalue weighted by Gasteiger charge is -2.37. The van der Waals surface area contributed by atoms with Gasteiger partial charge in [0, 0.05) is 37.0 Å². The number of rotatable bonds is 14. The van der Waals surface area contributed by atoms with Crippen molar-refractivity contribution in [3.8, 4) is 11.5 Å². The van der Waals surface area contributed by atoms with Gasteiger partial charge in [-0.2, -0.15) is 0 Å². The van der Waals surface area contributed by atoms with Crippen LogP contribution in [-0.2, 0) is 16.1 Å². The summed E-state index contributed by atoms with van der Waals surface area (Å²) in [6.07, 6.45) is 5.72. The lowest BCUT2D eigenvalue weighted by molar-refractivity contribution is -0.144. The summed E-state index contributed by atoms with van der Waals surface area (Å²) >= 11 is 0. The summed E-state index contributed by atoms with van der Waals surface area (Å²) in [5, 5.41) is 35.3. The molecule has 2 saturated heterocycles. The number of allylic oxidation sites excluding steroid dienone is 1. The molecule has 4 aromatic carbocycles. The van der Waals surface area contributed by atoms with E-state index in [1.54, 1.807) is 6.07 Å². The first-order chi connectivity index (χ1) is 26.4. The Morgan fingerprint density at radius 3 is 2.26 bits per heavy atom. The highest BCUT2D eigenvalue weighted by Crippen LogP contribution is 2.47. The summed E-state index contributed by atoms with van der Waals surface area (Å²) in [6, 6.07) is 31.0. The molecule has 1 aliphatic carbocycles. The third-order valence-electron chi connectivity index (χ3n) is 11.7. The van der Waals surface area contributed by atoms with Crippen molar-refractivity contribution >= 4 is 28.7 Å². The van der Waals surface area contributed by atoms with Crippen LogP contribution in [0.25, 0.3) is 16.8 Å². The first-order valence-electron chi connectivity index (χ1n) is 19.6. The smallest absolute Gasteiger partial charge is 0.234 e. The van der Waals surface area contributed by atoms with Crippen LogP contribution in [0.3, 0.4) is 0 Å². The maximum atomic E-state index is 14.3. The fourth-order valence-electron chi connectivity index (χ4n) is 9.06. The van der Waals surface area contributed by atoms with E-state index >= 15 is 0 Å². The summed E-state index contributed by atoms with van der Waals surface area (Å²) in [6.45, 7) is 4.37. The van der Waals surface area contributed by atoms with E-state index in [9.17, 15) is 24.9 Å². The second-order valence-electron chi connectivity index (χ2n) is 15.2. The number of para-hydroxylation sites is 1. The first-order valence-corrected chi connectivity index (χ1v) is 19.6. The number of phenols is 1. The Labute approximate surface area is 318 Å². The second-order valence-corrected chi connectivity index (χ2v) is 15.2. The maximum Gasteiger partial charge on any atom is 0.234 e. The molecule has 2 heterocycles. The van der Waals surface area contributed by atoms with Gasteiger partial charge in [0.05, 0.1) is 24.5 Å². The molecule has 2 fully saturated rings. The molecule has 2 amide bonds. The molecule has 0 spiro atoms. The normalized spacial score (nSPS) is 21.9. The number of nitrogens with zero attached hydrogens (tertiary/aromatic N) is 2. The molecule has 0 unspecified atom stereocenters. The zero-order valence-electron chi connectivity index (χ0n) is 31.1. The number of benzene rings is 4. The number of hydrogen-bond acceptors (Lipinski definition) is 7. The predicted octanol–water partition coefficient (Wildman–Crippen LogP) is 7.52. The Morgan fingerprint density at radius 2 is 1.56 bits per heavy atom. The van der Waals surface area contributed by atoms with Crippen molar-refractivity contribution in [2.45, 2.75) is 70.6 Å². The van der Waals surface area contributed by atoms with Gasteiger partial charge < -0.3 is 20.1 Å². The number of aliphatic hydroxyl groups is 2. The molecule has 8 heteroatoms. The summed E-state index contributed by atoms with van der Waals surface area (Å²) in [4.78, 5) is 32.5. The van der Waals surface area contributed by atoms with E-state index in [2.05, 4.69) is 30.0 Å². The minimum absolute atomic E-state index is 0.159. The van der Waals surface area contributed by atoms with Crippen molar-refractivity contribution in [1.29, 1.82) is 0 Å². The van der Waals surface area contributed by atoms with Gasteiger partial charge >= 0.3 is 0 Å². The maximum absolute atomic E-state index is 14.3. The standard InChI is InChI=1S/C46H52N2O6/c1-2-11-31(26-33-19-21-41(50)38-17-10-9-16-37(33)38)18-20-42(51)43-34(30-54-36-14-7-4-8-15-36)27-39-44(40(43)29-49)46(53)48(45(39)52)35-22-24-47(25-23-35)28-32-12-5-3-6-13-32/h3-10,12-17,19,21,26,35,39-40,42,44,49-51H,2,11,18,20,22-25,27-30H2,1H3/b31-26+/t39-,40+,42-,44-/m1/s1. The van der Waals surface area contributed by atoms with Gasteiger partial charge in [0.15, 0.2) is 0 Å². The summed E-state index contributed by atoms with van der Waals surface area (Å²) in [5.41, 5.74) is 4.85. The zero-order valence-corrected chi connectivity index (χ0v) is 31.1. The Kier molecular flexibility index (Phi) is 11.9. The van der Waals surface area contributed by atoms with E-state index < -0.39 is 23.9 Å². The van der Waals surface area contributed by atoms with Gasteiger partial charge in [-0.3, -0.25) is 19.4 Å². The van der Waals surface area contributed by atoms with Crippen LogP contribution in [0.15, 0.2) is 114 Å². The summed E-state index contributed by atoms with van der Waals surface area (Å²) in [7, 11) is 0. The second kappa shape index (κ2) is 17.1. The molecule has 54 heavy (non-hydrogen) atoms. The van der Waals surface area contributed by atoms with Gasteiger partial charge in [-0.05, 0) is 84.4 Å². The molecule has 7 rings (SSSR count). The molecule has 3 N–H and O–H groups in total. The molecule has 0 bridgehead atoms. The van der Waals surface area contributed by atoms with Crippen molar-refractivity contribution in [2.24, 2.45) is 17.8 Å². The third-order valence-corrected chi connectivity index (χ3v) is 11.7. The van der Waals surface area contributed by atoms with Crippen LogP contribution < -0.4 is 4.74 Å². The molecule has 3 aliphatic rings. The number of fused-ring (bicyclic) bond motifs is 2. The average Bonchev–Trinajstić information content (AvgIpc) is 3.45. The van der Waals surface area contributed by atoms with Crippen LogP contribution in [0.5, 0.6) is 11.5 Å². The molecule has 4 aromatic rings. The van der Waals surface area contributed by atoms with Crippen molar-refractivity contribution in [1.82, 2.24) is 9.80 Å². The highest BCUT2D eigenvalue weighted by Gasteiger charge is 2.56. The Balaban J connectivity index is 1.12. The Hall–Kier alpha value is -4.76. The quantitative estimate of drug-likeness (QED) is 0.0910. The average molecular weight is 729 g/mol. The van der Waals surface area contributed by atoms with Crippen LogP contribution in [0.2, 0.25) is 0 Å². The number of ether oxygens (including phenoxy) is 1. The van der Waals surface area contributed by atoms with Crippen molar-refractivity contribution in [2.75, 3.05) is 26.3 Å². The Morgan fingerprint density at radius 1 is 0.870 bits per heavy atom. The van der Waals surface area contributed by atoms with Gasteiger partial charge in [0.25, 0.3) is 0 Å². The minimum Gasteiger partial charge on any atom is -0.507 e. The highest BCUT2D eigenvalue weighted by molar-refractivity contribution is 6.06. The van der Waals surface area contributed by atoms with Crippen LogP contribution in [0.1, 0.15) is 63.0 Å². The predicted molar refractivity (Wildman–Crippen MR) is 211 cm³/mol. The van der Waals surface area contributed by atoms with Gasteiger partial charge in [0.2, 0.25) is 11.8 Å². The van der Waals surface area contributed by atoms with E-state index in [0.29, 0.717) is 43.4 Å². The number of piperidine rings is 1. The topological polar surface area (TPSA) is 111 Å². The van der Waals surface area contributed by atoms with Gasteiger partial charge in [-0.15, -0.1) is 0 Å². The van der Waals surface area contributed by atoms with E-state index in [-0.39, 0.29) is 36.8 Å². The number of carbonyl (C=O) groups is 2. The molecule has 0 radical (unpaired) electrons.